The van der Waals surface area contributed by atoms with Crippen molar-refractivity contribution in [2.24, 2.45) is 0 Å². The highest BCUT2D eigenvalue weighted by Gasteiger charge is 2.51. The monoisotopic (exact) mass is 299 g/mol. The summed E-state index contributed by atoms with van der Waals surface area (Å²) in [6, 6.07) is 5.99. The second-order valence-corrected chi connectivity index (χ2v) is 4.96. The Kier molecular flexibility index (Phi) is 4.40. The molecule has 1 aliphatic carbocycles. The molecule has 0 aliphatic heterocycles. The summed E-state index contributed by atoms with van der Waals surface area (Å²) in [7, 11) is 0. The molecule has 0 radical (unpaired) electrons. The number of carbonyl (C=O) groups is 2. The Morgan fingerprint density at radius 3 is 2.38 bits per heavy atom. The maximum atomic E-state index is 12.0. The van der Waals surface area contributed by atoms with E-state index in [0.717, 1.165) is 5.56 Å². The van der Waals surface area contributed by atoms with Gasteiger partial charge in [-0.3, -0.25) is 4.79 Å². The zero-order valence-electron chi connectivity index (χ0n) is 11.1. The molecule has 1 aliphatic rings. The largest absolute Gasteiger partial charge is 0.480 e. The molecule has 5 nitrogen and oxygen atoms in total. The molecule has 1 aromatic rings. The van der Waals surface area contributed by atoms with Crippen LogP contribution in [0.1, 0.15) is 24.8 Å². The fraction of sp³-hybridized carbons (Fsp3) is 0.429. The molecule has 21 heavy (non-hydrogen) atoms. The molecule has 1 saturated carbocycles. The van der Waals surface area contributed by atoms with E-state index in [-0.39, 0.29) is 18.1 Å². The lowest BCUT2D eigenvalue weighted by atomic mass is 10.1. The van der Waals surface area contributed by atoms with Crippen LogP contribution in [0.2, 0.25) is 0 Å². The number of carbonyl (C=O) groups excluding carboxylic acids is 1. The Bertz CT molecular complexity index is 526. The van der Waals surface area contributed by atoms with Crippen molar-refractivity contribution in [2.75, 3.05) is 0 Å². The van der Waals surface area contributed by atoms with Gasteiger partial charge in [-0.05, 0) is 37.0 Å². The Hall–Kier alpha value is -2.18. The first kappa shape index (κ1) is 15.2. The van der Waals surface area contributed by atoms with Crippen LogP contribution in [0.25, 0.3) is 0 Å². The summed E-state index contributed by atoms with van der Waals surface area (Å²) >= 11 is 0. The van der Waals surface area contributed by atoms with Gasteiger partial charge in [0.15, 0.2) is 0 Å². The highest BCUT2D eigenvalue weighted by molar-refractivity contribution is 5.89. The smallest absolute Gasteiger partial charge is 0.387 e. The third kappa shape index (κ3) is 4.14. The first-order chi connectivity index (χ1) is 9.91. The SMILES string of the molecule is O=C(CCc1ccc(OC(F)F)cc1)NC1(C(=O)O)CC1. The summed E-state index contributed by atoms with van der Waals surface area (Å²) in [4.78, 5) is 22.6. The van der Waals surface area contributed by atoms with Gasteiger partial charge in [-0.2, -0.15) is 8.78 Å². The number of hydrogen-bond acceptors (Lipinski definition) is 3. The second kappa shape index (κ2) is 6.07. The van der Waals surface area contributed by atoms with Crippen LogP contribution in [0.3, 0.4) is 0 Å². The molecule has 0 saturated heterocycles. The molecule has 0 atom stereocenters. The summed E-state index contributed by atoms with van der Waals surface area (Å²) < 4.78 is 28.2. The second-order valence-electron chi connectivity index (χ2n) is 4.96. The number of benzene rings is 1. The number of amides is 1. The van der Waals surface area contributed by atoms with E-state index in [2.05, 4.69) is 10.1 Å². The van der Waals surface area contributed by atoms with Crippen molar-refractivity contribution in [1.82, 2.24) is 5.32 Å². The number of halogens is 2. The van der Waals surface area contributed by atoms with Crippen LogP contribution in [0, 0.1) is 0 Å². The van der Waals surface area contributed by atoms with Gasteiger partial charge in [0.2, 0.25) is 5.91 Å². The summed E-state index contributed by atoms with van der Waals surface area (Å²) in [6.07, 6.45) is 1.45. The van der Waals surface area contributed by atoms with Gasteiger partial charge in [-0.15, -0.1) is 0 Å². The molecule has 0 heterocycles. The van der Waals surface area contributed by atoms with Crippen molar-refractivity contribution in [2.45, 2.75) is 37.8 Å². The molecule has 1 amide bonds. The fourth-order valence-electron chi connectivity index (χ4n) is 1.94. The highest BCUT2D eigenvalue weighted by Crippen LogP contribution is 2.35. The van der Waals surface area contributed by atoms with E-state index in [1.165, 1.54) is 12.1 Å². The maximum Gasteiger partial charge on any atom is 0.387 e. The topological polar surface area (TPSA) is 75.6 Å². The molecular weight excluding hydrogens is 284 g/mol. The Morgan fingerprint density at radius 1 is 1.29 bits per heavy atom. The minimum absolute atomic E-state index is 0.0565. The number of carboxylic acid groups (broad SMARTS) is 1. The van der Waals surface area contributed by atoms with E-state index < -0.39 is 18.1 Å². The quantitative estimate of drug-likeness (QED) is 0.807. The van der Waals surface area contributed by atoms with Crippen LogP contribution in [-0.4, -0.2) is 29.1 Å². The first-order valence-corrected chi connectivity index (χ1v) is 6.49. The first-order valence-electron chi connectivity index (χ1n) is 6.49. The average Bonchev–Trinajstić information content (AvgIpc) is 3.18. The van der Waals surface area contributed by atoms with Crippen molar-refractivity contribution in [1.29, 1.82) is 0 Å². The Morgan fingerprint density at radius 2 is 1.90 bits per heavy atom. The van der Waals surface area contributed by atoms with Crippen LogP contribution in [0.15, 0.2) is 24.3 Å². The molecule has 0 aromatic heterocycles. The van der Waals surface area contributed by atoms with Gasteiger partial charge >= 0.3 is 12.6 Å². The van der Waals surface area contributed by atoms with Crippen LogP contribution in [0.5, 0.6) is 5.75 Å². The third-order valence-corrected chi connectivity index (χ3v) is 3.33. The lowest BCUT2D eigenvalue weighted by Crippen LogP contribution is -2.43. The van der Waals surface area contributed by atoms with Gasteiger partial charge in [0, 0.05) is 6.42 Å². The number of aryl methyl sites for hydroxylation is 1. The molecule has 2 rings (SSSR count). The minimum Gasteiger partial charge on any atom is -0.480 e. The third-order valence-electron chi connectivity index (χ3n) is 3.33. The van der Waals surface area contributed by atoms with Crippen molar-refractivity contribution < 1.29 is 28.2 Å². The molecule has 1 fully saturated rings. The van der Waals surface area contributed by atoms with Gasteiger partial charge in [-0.1, -0.05) is 12.1 Å². The molecule has 0 unspecified atom stereocenters. The molecule has 114 valence electrons. The van der Waals surface area contributed by atoms with E-state index >= 15 is 0 Å². The Balaban J connectivity index is 1.80. The zero-order valence-corrected chi connectivity index (χ0v) is 11.1. The van der Waals surface area contributed by atoms with Gasteiger partial charge in [-0.25, -0.2) is 4.79 Å². The highest BCUT2D eigenvalue weighted by atomic mass is 19.3. The summed E-state index contributed by atoms with van der Waals surface area (Å²) in [5.41, 5.74) is -0.293. The van der Waals surface area contributed by atoms with Crippen LogP contribution < -0.4 is 10.1 Å². The van der Waals surface area contributed by atoms with Crippen LogP contribution >= 0.6 is 0 Å². The van der Waals surface area contributed by atoms with E-state index in [0.29, 0.717) is 19.3 Å². The number of ether oxygens (including phenoxy) is 1. The maximum absolute atomic E-state index is 12.0. The van der Waals surface area contributed by atoms with Gasteiger partial charge in [0.25, 0.3) is 0 Å². The zero-order chi connectivity index (χ0) is 15.5. The average molecular weight is 299 g/mol. The molecule has 0 bridgehead atoms. The van der Waals surface area contributed by atoms with Gasteiger partial charge < -0.3 is 15.2 Å². The summed E-state index contributed by atoms with van der Waals surface area (Å²) in [6.45, 7) is -2.87. The molecule has 0 spiro atoms. The van der Waals surface area contributed by atoms with E-state index in [1.807, 2.05) is 0 Å². The lowest BCUT2D eigenvalue weighted by Gasteiger charge is -2.12. The van der Waals surface area contributed by atoms with Crippen molar-refractivity contribution in [3.63, 3.8) is 0 Å². The number of rotatable bonds is 7. The van der Waals surface area contributed by atoms with Gasteiger partial charge in [0.1, 0.15) is 11.3 Å². The lowest BCUT2D eigenvalue weighted by molar-refractivity contribution is -0.143. The summed E-state index contributed by atoms with van der Waals surface area (Å²) in [5, 5.41) is 11.5. The number of alkyl halides is 2. The van der Waals surface area contributed by atoms with Gasteiger partial charge in [0.05, 0.1) is 0 Å². The fourth-order valence-corrected chi connectivity index (χ4v) is 1.94. The van der Waals surface area contributed by atoms with Crippen molar-refractivity contribution in [3.05, 3.63) is 29.8 Å². The van der Waals surface area contributed by atoms with E-state index in [1.54, 1.807) is 12.1 Å². The number of nitrogens with one attached hydrogen (secondary N) is 1. The van der Waals surface area contributed by atoms with Crippen molar-refractivity contribution >= 4 is 11.9 Å². The van der Waals surface area contributed by atoms with E-state index in [9.17, 15) is 18.4 Å². The Labute approximate surface area is 119 Å². The van der Waals surface area contributed by atoms with Crippen LogP contribution in [-0.2, 0) is 16.0 Å². The van der Waals surface area contributed by atoms with E-state index in [4.69, 9.17) is 5.11 Å². The van der Waals surface area contributed by atoms with Crippen LogP contribution in [0.4, 0.5) is 8.78 Å². The predicted molar refractivity (Wildman–Crippen MR) is 69.1 cm³/mol. The normalized spacial score (nSPS) is 15.6. The minimum atomic E-state index is -2.87. The number of hydrogen-bond donors (Lipinski definition) is 2. The molecule has 2 N–H and O–H groups in total. The predicted octanol–water partition coefficient (Wildman–Crippen LogP) is 1.95. The molecular formula is C14H15F2NO4. The summed E-state index contributed by atoms with van der Waals surface area (Å²) in [5.74, 6) is -1.28. The number of aliphatic carboxylic acids is 1. The number of carboxylic acids is 1. The standard InChI is InChI=1S/C14H15F2NO4/c15-13(16)21-10-4-1-9(2-5-10)3-6-11(18)17-14(7-8-14)12(19)20/h1-2,4-5,13H,3,6-8H2,(H,17,18)(H,19,20). The molecule has 7 heteroatoms. The molecule has 1 aromatic carbocycles. The van der Waals surface area contributed by atoms with Crippen molar-refractivity contribution in [3.8, 4) is 5.75 Å².